The fourth-order valence-electron chi connectivity index (χ4n) is 0. The van der Waals surface area contributed by atoms with Crippen molar-refractivity contribution in [1.82, 2.24) is 0 Å². The third-order valence-electron chi connectivity index (χ3n) is 0. The van der Waals surface area contributed by atoms with E-state index in [4.69, 9.17) is 0 Å². The van der Waals surface area contributed by atoms with Gasteiger partial charge in [-0.05, 0) is 0 Å². The Morgan fingerprint density at radius 1 is 1.25 bits per heavy atom. The molecule has 0 unspecified atom stereocenters. The second-order valence-electron chi connectivity index (χ2n) is 0.0583. The van der Waals surface area contributed by atoms with Crippen molar-refractivity contribution >= 4 is 32.5 Å². The first-order valence-electron chi connectivity index (χ1n) is 0.309. The van der Waals surface area contributed by atoms with Crippen molar-refractivity contribution in [3.63, 3.8) is 0 Å². The Morgan fingerprint density at radius 3 is 1.25 bits per heavy atom. The minimum Gasteiger partial charge on any atom is -0.230 e. The van der Waals surface area contributed by atoms with Gasteiger partial charge in [0, 0.05) is 29.2 Å². The zero-order valence-electron chi connectivity index (χ0n) is 1.57. The average Bonchev–Trinajstić information content (AvgIpc) is 0.918. The standard InChI is InChI=1S/Br2O.Pu/c1-3-2;. The topological polar surface area (TPSA) is 9.23 Å². The van der Waals surface area contributed by atoms with Crippen LogP contribution in [0.25, 0.3) is 0 Å². The van der Waals surface area contributed by atoms with Crippen LogP contribution < -0.4 is 0 Å². The van der Waals surface area contributed by atoms with Crippen LogP contribution in [0.1, 0.15) is 0 Å². The molecule has 0 spiro atoms. The molecule has 0 rings (SSSR count). The van der Waals surface area contributed by atoms with Gasteiger partial charge in [-0.1, -0.05) is 0 Å². The van der Waals surface area contributed by atoms with Gasteiger partial charge in [-0.2, -0.15) is 0 Å². The second kappa shape index (κ2) is 8.86. The summed E-state index contributed by atoms with van der Waals surface area (Å²) in [7, 11) is 0. The zero-order chi connectivity index (χ0) is 2.71. The largest absolute Gasteiger partial charge is 0.230 e. The molecule has 0 aliphatic heterocycles. The normalized spacial score (nSPS) is 4.50. The van der Waals surface area contributed by atoms with Crippen molar-refractivity contribution in [1.29, 1.82) is 0 Å². The number of halogens is 2. The van der Waals surface area contributed by atoms with Gasteiger partial charge in [-0.15, -0.1) is 0 Å². The Balaban J connectivity index is 0. The van der Waals surface area contributed by atoms with Gasteiger partial charge < -0.3 is 0 Å². The summed E-state index contributed by atoms with van der Waals surface area (Å²) >= 11 is 5.12. The van der Waals surface area contributed by atoms with Crippen molar-refractivity contribution < 1.29 is 32.1 Å². The SMILES string of the molecule is BrOBr.[Pu]. The maximum atomic E-state index is 3.88. The first-order valence-corrected chi connectivity index (χ1v) is 1.60. The molecule has 0 radical (unpaired) electrons. The molecule has 26 valence electrons. The Morgan fingerprint density at radius 2 is 1.25 bits per heavy atom. The van der Waals surface area contributed by atoms with E-state index in [1.54, 1.807) is 0 Å². The maximum absolute atomic E-state index is 3.88. The third kappa shape index (κ3) is 9.08. The quantitative estimate of drug-likeness (QED) is 0.580. The summed E-state index contributed by atoms with van der Waals surface area (Å²) in [5, 5.41) is 0. The minimum atomic E-state index is 0. The van der Waals surface area contributed by atoms with E-state index in [0.29, 0.717) is 0 Å². The first-order chi connectivity index (χ1) is 1.41. The minimum absolute atomic E-state index is 0. The maximum Gasteiger partial charge on any atom is 0.115 e. The van der Waals surface area contributed by atoms with Crippen LogP contribution >= 0.6 is 32.5 Å². The molecule has 0 heterocycles. The molecule has 1 nitrogen and oxygen atoms in total. The van der Waals surface area contributed by atoms with Gasteiger partial charge >= 0.3 is 0 Å². The van der Waals surface area contributed by atoms with E-state index in [1.165, 1.54) is 0 Å². The molecule has 0 atom stereocenters. The predicted octanol–water partition coefficient (Wildman–Crippen LogP) is 1.62. The number of hydrogen-bond acceptors (Lipinski definition) is 1. The van der Waals surface area contributed by atoms with Gasteiger partial charge in [-0.25, -0.2) is 2.92 Å². The zero-order valence-corrected chi connectivity index (χ0v) is 8.14. The Hall–Kier alpha value is 1.91. The van der Waals surface area contributed by atoms with Crippen LogP contribution in [-0.2, 0) is 2.92 Å². The number of rotatable bonds is 0. The molecule has 0 saturated heterocycles. The molecule has 0 aromatic rings. The van der Waals surface area contributed by atoms with Crippen LogP contribution in [0, 0.1) is 29.2 Å². The molecule has 4 heavy (non-hydrogen) atoms. The van der Waals surface area contributed by atoms with Crippen LogP contribution in [0.2, 0.25) is 0 Å². The third-order valence-corrected chi connectivity index (χ3v) is 0. The van der Waals surface area contributed by atoms with E-state index in [2.05, 4.69) is 35.4 Å². The fraction of sp³-hybridized carbons (Fsp3) is 0. The van der Waals surface area contributed by atoms with Gasteiger partial charge in [0.05, 0.1) is 0 Å². The molecule has 0 saturated carbocycles. The Bertz CT molecular complexity index is 6.00. The van der Waals surface area contributed by atoms with Crippen molar-refractivity contribution in [2.24, 2.45) is 0 Å². The van der Waals surface area contributed by atoms with Crippen LogP contribution in [0.3, 0.4) is 0 Å². The summed E-state index contributed by atoms with van der Waals surface area (Å²) in [5.41, 5.74) is 0. The van der Waals surface area contributed by atoms with Crippen molar-refractivity contribution in [3.05, 3.63) is 0 Å². The van der Waals surface area contributed by atoms with E-state index in [1.807, 2.05) is 0 Å². The van der Waals surface area contributed by atoms with Crippen molar-refractivity contribution in [2.45, 2.75) is 0 Å². The van der Waals surface area contributed by atoms with Gasteiger partial charge in [0.1, 0.15) is 32.5 Å². The predicted molar refractivity (Wildman–Crippen MR) is 18.9 cm³/mol. The van der Waals surface area contributed by atoms with E-state index in [-0.39, 0.29) is 29.2 Å². The Labute approximate surface area is 63.9 Å². The average molecular weight is 420 g/mol. The smallest absolute Gasteiger partial charge is 0.115 e. The molecule has 0 aliphatic rings. The van der Waals surface area contributed by atoms with E-state index in [0.717, 1.165) is 0 Å². The van der Waals surface area contributed by atoms with Crippen LogP contribution in [0.15, 0.2) is 0 Å². The monoisotopic (exact) mass is 412 g/mol. The fourth-order valence-corrected chi connectivity index (χ4v) is 0. The first kappa shape index (κ1) is 9.32. The van der Waals surface area contributed by atoms with Gasteiger partial charge in [-0.3, -0.25) is 0 Å². The van der Waals surface area contributed by atoms with Gasteiger partial charge in [0.25, 0.3) is 0 Å². The summed E-state index contributed by atoms with van der Waals surface area (Å²) in [6, 6.07) is 0. The van der Waals surface area contributed by atoms with Crippen LogP contribution in [0.5, 0.6) is 0 Å². The molecule has 0 fully saturated rings. The summed E-state index contributed by atoms with van der Waals surface area (Å²) < 4.78 is 3.88. The molecular weight excluding hydrogens is 420 g/mol. The molecule has 0 bridgehead atoms. The molecular formula is Br2OPu. The van der Waals surface area contributed by atoms with Gasteiger partial charge in [0.15, 0.2) is 0 Å². The number of hydrogen-bond donors (Lipinski definition) is 0. The summed E-state index contributed by atoms with van der Waals surface area (Å²) in [6.07, 6.45) is 0. The van der Waals surface area contributed by atoms with E-state index < -0.39 is 0 Å². The molecule has 0 aliphatic carbocycles. The molecule has 4 heteroatoms. The summed E-state index contributed by atoms with van der Waals surface area (Å²) in [4.78, 5) is 0. The second-order valence-corrected chi connectivity index (χ2v) is 1.57. The van der Waals surface area contributed by atoms with E-state index >= 15 is 0 Å². The molecule has 0 aromatic carbocycles. The van der Waals surface area contributed by atoms with Crippen molar-refractivity contribution in [2.75, 3.05) is 0 Å². The molecule has 0 amide bonds. The van der Waals surface area contributed by atoms with E-state index in [9.17, 15) is 0 Å². The van der Waals surface area contributed by atoms with Crippen LogP contribution in [0.4, 0.5) is 0 Å². The summed E-state index contributed by atoms with van der Waals surface area (Å²) in [6.45, 7) is 0. The molecule has 0 aromatic heterocycles. The van der Waals surface area contributed by atoms with Crippen molar-refractivity contribution in [3.8, 4) is 0 Å². The summed E-state index contributed by atoms with van der Waals surface area (Å²) in [5.74, 6) is 0. The van der Waals surface area contributed by atoms with Crippen LogP contribution in [-0.4, -0.2) is 0 Å². The Kier molecular flexibility index (Phi) is 20.6. The molecule has 0 N–H and O–H groups in total. The van der Waals surface area contributed by atoms with Gasteiger partial charge in [0.2, 0.25) is 0 Å².